The van der Waals surface area contributed by atoms with E-state index in [0.717, 1.165) is 51.6 Å². The maximum absolute atomic E-state index is 11.7. The second kappa shape index (κ2) is 9.31. The highest BCUT2D eigenvalue weighted by molar-refractivity contribution is 6.11. The summed E-state index contributed by atoms with van der Waals surface area (Å²) < 4.78 is 2.06. The highest BCUT2D eigenvalue weighted by atomic mass is 16.4. The lowest BCUT2D eigenvalue weighted by atomic mass is 10.1. The third-order valence-corrected chi connectivity index (χ3v) is 5.99. The van der Waals surface area contributed by atoms with Crippen molar-refractivity contribution in [3.05, 3.63) is 89.3 Å². The van der Waals surface area contributed by atoms with E-state index in [-0.39, 0.29) is 5.56 Å². The molecule has 1 aromatic heterocycles. The lowest BCUT2D eigenvalue weighted by Crippen LogP contribution is -2.18. The Hall–Kier alpha value is -4.26. The minimum absolute atomic E-state index is 0.213. The van der Waals surface area contributed by atoms with E-state index in [1.807, 2.05) is 25.3 Å². The van der Waals surface area contributed by atoms with Crippen LogP contribution in [0.2, 0.25) is 0 Å². The fraction of sp³-hybridized carbons (Fsp3) is 0.185. The van der Waals surface area contributed by atoms with Gasteiger partial charge in [-0.3, -0.25) is 4.79 Å². The smallest absolute Gasteiger partial charge is 0.335 e. The molecule has 4 aromatic rings. The fourth-order valence-electron chi connectivity index (χ4n) is 4.46. The van der Waals surface area contributed by atoms with E-state index in [1.54, 1.807) is 30.5 Å². The van der Waals surface area contributed by atoms with Crippen molar-refractivity contribution in [3.8, 4) is 5.69 Å². The normalized spacial score (nSPS) is 11.5. The Kier molecular flexibility index (Phi) is 6.27. The molecule has 1 heterocycles. The van der Waals surface area contributed by atoms with Gasteiger partial charge in [-0.15, -0.1) is 0 Å². The van der Waals surface area contributed by atoms with Crippen LogP contribution in [0.5, 0.6) is 0 Å². The number of aryl methyl sites for hydroxylation is 1. The minimum atomic E-state index is -0.982. The molecule has 7 heteroatoms. The fourth-order valence-corrected chi connectivity index (χ4v) is 4.46. The largest absolute Gasteiger partial charge is 0.478 e. The summed E-state index contributed by atoms with van der Waals surface area (Å²) in [5.74, 6) is -1.47. The molecule has 0 unspecified atom stereocenters. The average Bonchev–Trinajstić information content (AvgIpc) is 3.12. The van der Waals surface area contributed by atoms with Gasteiger partial charge >= 0.3 is 5.97 Å². The zero-order chi connectivity index (χ0) is 24.4. The topological polar surface area (TPSA) is 115 Å². The second-order valence-electron chi connectivity index (χ2n) is 8.40. The van der Waals surface area contributed by atoms with Crippen molar-refractivity contribution in [2.24, 2.45) is 11.5 Å². The molecule has 0 aliphatic heterocycles. The van der Waals surface area contributed by atoms with Crippen molar-refractivity contribution in [1.82, 2.24) is 9.47 Å². The highest BCUT2D eigenvalue weighted by Crippen LogP contribution is 2.34. The van der Waals surface area contributed by atoms with E-state index in [9.17, 15) is 14.7 Å². The van der Waals surface area contributed by atoms with Gasteiger partial charge in [0.1, 0.15) is 0 Å². The molecule has 0 radical (unpaired) electrons. The van der Waals surface area contributed by atoms with E-state index in [2.05, 4.69) is 34.6 Å². The molecular weight excluding hydrogens is 428 g/mol. The third-order valence-electron chi connectivity index (χ3n) is 5.99. The number of carboxylic acids is 1. The SMILES string of the molecule is CCCN(/C=C\N)Cc1ccc2c3ccc(C(=O)O)cc3n(-c3ccc(C(N)=O)cc3C)c2c1. The Labute approximate surface area is 197 Å². The summed E-state index contributed by atoms with van der Waals surface area (Å²) in [5, 5.41) is 11.6. The van der Waals surface area contributed by atoms with Crippen molar-refractivity contribution in [3.63, 3.8) is 0 Å². The second-order valence-corrected chi connectivity index (χ2v) is 8.40. The number of carbonyl (C=O) groups is 2. The predicted octanol–water partition coefficient (Wildman–Crippen LogP) is 4.53. The maximum Gasteiger partial charge on any atom is 0.335 e. The summed E-state index contributed by atoms with van der Waals surface area (Å²) in [6.07, 6.45) is 4.42. The first-order valence-corrected chi connectivity index (χ1v) is 11.2. The molecule has 4 rings (SSSR count). The number of nitrogens with zero attached hydrogens (tertiary/aromatic N) is 2. The standard InChI is InChI=1S/C27H28N4O3/c1-3-11-30(12-10-28)16-18-4-7-21-22-8-5-20(27(33)34)15-25(22)31(24(21)14-18)23-9-6-19(26(29)32)13-17(23)2/h4-10,12-15H,3,11,16,28H2,1-2H3,(H2,29,32)(H,33,34)/b12-10-. The maximum atomic E-state index is 11.7. The van der Waals surface area contributed by atoms with Gasteiger partial charge in [0.25, 0.3) is 0 Å². The molecule has 0 bridgehead atoms. The molecule has 0 spiro atoms. The number of carbonyl (C=O) groups excluding carboxylic acids is 1. The van der Waals surface area contributed by atoms with Gasteiger partial charge < -0.3 is 26.0 Å². The van der Waals surface area contributed by atoms with Crippen LogP contribution in [0.3, 0.4) is 0 Å². The molecule has 1 amide bonds. The van der Waals surface area contributed by atoms with Crippen LogP contribution in [-0.2, 0) is 6.54 Å². The molecular formula is C27H28N4O3. The molecule has 0 fully saturated rings. The van der Waals surface area contributed by atoms with Crippen molar-refractivity contribution in [2.75, 3.05) is 6.54 Å². The molecule has 0 atom stereocenters. The van der Waals surface area contributed by atoms with Crippen LogP contribution in [0.25, 0.3) is 27.5 Å². The number of fused-ring (bicyclic) bond motifs is 3. The van der Waals surface area contributed by atoms with Gasteiger partial charge in [-0.25, -0.2) is 4.79 Å². The monoisotopic (exact) mass is 456 g/mol. The van der Waals surface area contributed by atoms with Crippen molar-refractivity contribution in [1.29, 1.82) is 0 Å². The Morgan fingerprint density at radius 2 is 1.68 bits per heavy atom. The summed E-state index contributed by atoms with van der Waals surface area (Å²) in [6, 6.07) is 16.8. The summed E-state index contributed by atoms with van der Waals surface area (Å²) in [6.45, 7) is 5.61. The van der Waals surface area contributed by atoms with E-state index in [0.29, 0.717) is 12.1 Å². The number of hydrogen-bond acceptors (Lipinski definition) is 4. The highest BCUT2D eigenvalue weighted by Gasteiger charge is 2.17. The zero-order valence-electron chi connectivity index (χ0n) is 19.3. The Morgan fingerprint density at radius 1 is 1.00 bits per heavy atom. The van der Waals surface area contributed by atoms with Crippen LogP contribution in [0.1, 0.15) is 45.2 Å². The van der Waals surface area contributed by atoms with Gasteiger partial charge in [0.05, 0.1) is 16.6 Å². The third kappa shape index (κ3) is 4.20. The summed E-state index contributed by atoms with van der Waals surface area (Å²) >= 11 is 0. The van der Waals surface area contributed by atoms with E-state index < -0.39 is 11.9 Å². The molecule has 0 saturated carbocycles. The number of nitrogens with two attached hydrogens (primary N) is 2. The van der Waals surface area contributed by atoms with Gasteiger partial charge in [0, 0.05) is 47.5 Å². The van der Waals surface area contributed by atoms with E-state index >= 15 is 0 Å². The van der Waals surface area contributed by atoms with Gasteiger partial charge in [-0.2, -0.15) is 0 Å². The van der Waals surface area contributed by atoms with Crippen LogP contribution in [-0.4, -0.2) is 33.0 Å². The Bertz CT molecular complexity index is 1440. The molecule has 0 aliphatic carbocycles. The van der Waals surface area contributed by atoms with Gasteiger partial charge in [0.2, 0.25) is 5.91 Å². The van der Waals surface area contributed by atoms with Crippen LogP contribution in [0, 0.1) is 6.92 Å². The zero-order valence-corrected chi connectivity index (χ0v) is 19.3. The number of carboxylic acid groups (broad SMARTS) is 1. The minimum Gasteiger partial charge on any atom is -0.478 e. The van der Waals surface area contributed by atoms with E-state index in [4.69, 9.17) is 11.5 Å². The quantitative estimate of drug-likeness (QED) is 0.360. The Morgan fingerprint density at radius 3 is 2.29 bits per heavy atom. The van der Waals surface area contributed by atoms with Crippen LogP contribution in [0.15, 0.2) is 67.0 Å². The number of primary amides is 1. The lowest BCUT2D eigenvalue weighted by Gasteiger charge is -2.20. The van der Waals surface area contributed by atoms with Crippen molar-refractivity contribution >= 4 is 33.7 Å². The van der Waals surface area contributed by atoms with Gasteiger partial charge in [-0.05, 0) is 60.9 Å². The number of benzene rings is 3. The molecule has 34 heavy (non-hydrogen) atoms. The summed E-state index contributed by atoms with van der Waals surface area (Å²) in [7, 11) is 0. The number of rotatable bonds is 8. The first kappa shape index (κ1) is 22.9. The first-order chi connectivity index (χ1) is 16.3. The van der Waals surface area contributed by atoms with E-state index in [1.165, 1.54) is 0 Å². The number of aromatic carboxylic acids is 1. The summed E-state index contributed by atoms with van der Waals surface area (Å²) in [5.41, 5.74) is 16.3. The van der Waals surface area contributed by atoms with Crippen molar-refractivity contribution < 1.29 is 14.7 Å². The molecule has 5 N–H and O–H groups in total. The van der Waals surface area contributed by atoms with Crippen LogP contribution >= 0.6 is 0 Å². The molecule has 174 valence electrons. The van der Waals surface area contributed by atoms with Gasteiger partial charge in [0.15, 0.2) is 0 Å². The first-order valence-electron chi connectivity index (χ1n) is 11.2. The molecule has 0 aliphatic rings. The number of amides is 1. The molecule has 7 nitrogen and oxygen atoms in total. The molecule has 3 aromatic carbocycles. The summed E-state index contributed by atoms with van der Waals surface area (Å²) in [4.78, 5) is 25.5. The van der Waals surface area contributed by atoms with Crippen LogP contribution in [0.4, 0.5) is 0 Å². The predicted molar refractivity (Wildman–Crippen MR) is 135 cm³/mol. The Balaban J connectivity index is 1.98. The number of hydrogen-bond donors (Lipinski definition) is 3. The van der Waals surface area contributed by atoms with Gasteiger partial charge in [-0.1, -0.05) is 25.1 Å². The number of aromatic nitrogens is 1. The van der Waals surface area contributed by atoms with Crippen molar-refractivity contribution in [2.45, 2.75) is 26.8 Å². The van der Waals surface area contributed by atoms with Crippen LogP contribution < -0.4 is 11.5 Å². The molecule has 0 saturated heterocycles. The average molecular weight is 457 g/mol. The lowest BCUT2D eigenvalue weighted by molar-refractivity contribution is 0.0696.